The van der Waals surface area contributed by atoms with Crippen LogP contribution in [0.4, 0.5) is 5.69 Å². The van der Waals surface area contributed by atoms with Gasteiger partial charge in [-0.05, 0) is 36.4 Å². The Morgan fingerprint density at radius 3 is 2.45 bits per heavy atom. The SMILES string of the molecule is O=C(CSc1nc2ccccc2c2nc(-c3ccc([N+](=O)[O-])cc3)nn12)c1ccc(Br)cc1. The summed E-state index contributed by atoms with van der Waals surface area (Å²) < 4.78 is 2.53. The zero-order valence-corrected chi connectivity index (χ0v) is 19.3. The number of halogens is 1. The summed E-state index contributed by atoms with van der Waals surface area (Å²) in [5.41, 5.74) is 2.61. The largest absolute Gasteiger partial charge is 0.293 e. The number of benzene rings is 3. The van der Waals surface area contributed by atoms with Crippen LogP contribution in [0.25, 0.3) is 27.9 Å². The van der Waals surface area contributed by atoms with E-state index in [9.17, 15) is 14.9 Å². The molecule has 0 amide bonds. The molecular formula is C23H14BrN5O3S. The number of fused-ring (bicyclic) bond motifs is 3. The van der Waals surface area contributed by atoms with E-state index >= 15 is 0 Å². The number of carbonyl (C=O) groups excluding carboxylic acids is 1. The van der Waals surface area contributed by atoms with E-state index in [1.807, 2.05) is 36.4 Å². The van der Waals surface area contributed by atoms with Crippen molar-refractivity contribution < 1.29 is 9.72 Å². The van der Waals surface area contributed by atoms with Gasteiger partial charge in [-0.15, -0.1) is 5.10 Å². The maximum Gasteiger partial charge on any atom is 0.269 e. The van der Waals surface area contributed by atoms with Crippen LogP contribution >= 0.6 is 27.7 Å². The van der Waals surface area contributed by atoms with Gasteiger partial charge in [-0.3, -0.25) is 14.9 Å². The van der Waals surface area contributed by atoms with E-state index < -0.39 is 4.92 Å². The molecule has 10 heteroatoms. The number of rotatable bonds is 6. The average Bonchev–Trinajstić information content (AvgIpc) is 3.29. The number of nitro benzene ring substituents is 1. The zero-order valence-electron chi connectivity index (χ0n) is 16.9. The van der Waals surface area contributed by atoms with Gasteiger partial charge in [0.2, 0.25) is 0 Å². The molecule has 0 bridgehead atoms. The van der Waals surface area contributed by atoms with Gasteiger partial charge in [-0.25, -0.2) is 9.97 Å². The van der Waals surface area contributed by atoms with Crippen molar-refractivity contribution in [3.05, 3.63) is 92.9 Å². The summed E-state index contributed by atoms with van der Waals surface area (Å²) in [7, 11) is 0. The molecule has 3 aromatic carbocycles. The molecule has 0 radical (unpaired) electrons. The molecule has 0 saturated heterocycles. The number of non-ortho nitro benzene ring substituents is 1. The molecule has 5 rings (SSSR count). The van der Waals surface area contributed by atoms with Crippen molar-refractivity contribution in [2.24, 2.45) is 0 Å². The van der Waals surface area contributed by atoms with Crippen LogP contribution < -0.4 is 0 Å². The number of ketones is 1. The topological polar surface area (TPSA) is 103 Å². The highest BCUT2D eigenvalue weighted by Crippen LogP contribution is 2.27. The van der Waals surface area contributed by atoms with Gasteiger partial charge < -0.3 is 0 Å². The second kappa shape index (κ2) is 8.72. The van der Waals surface area contributed by atoms with Crippen molar-refractivity contribution in [2.45, 2.75) is 5.16 Å². The number of thioether (sulfide) groups is 1. The lowest BCUT2D eigenvalue weighted by atomic mass is 10.2. The minimum absolute atomic E-state index is 0.00247. The molecule has 0 saturated carbocycles. The number of hydrogen-bond donors (Lipinski definition) is 0. The highest BCUT2D eigenvalue weighted by Gasteiger charge is 2.17. The van der Waals surface area contributed by atoms with E-state index in [0.717, 1.165) is 15.4 Å². The molecule has 0 aliphatic heterocycles. The Morgan fingerprint density at radius 1 is 1.00 bits per heavy atom. The Hall–Kier alpha value is -3.63. The predicted octanol–water partition coefficient (Wildman–Crippen LogP) is 5.59. The van der Waals surface area contributed by atoms with Crippen molar-refractivity contribution in [3.8, 4) is 11.4 Å². The minimum Gasteiger partial charge on any atom is -0.293 e. The summed E-state index contributed by atoms with van der Waals surface area (Å²) >= 11 is 4.66. The first-order chi connectivity index (χ1) is 16.0. The first-order valence-electron chi connectivity index (χ1n) is 9.81. The monoisotopic (exact) mass is 519 g/mol. The predicted molar refractivity (Wildman–Crippen MR) is 130 cm³/mol. The van der Waals surface area contributed by atoms with E-state index in [2.05, 4.69) is 26.0 Å². The van der Waals surface area contributed by atoms with Crippen molar-refractivity contribution in [3.63, 3.8) is 0 Å². The van der Waals surface area contributed by atoms with Gasteiger partial charge in [0.25, 0.3) is 5.69 Å². The quantitative estimate of drug-likeness (QED) is 0.0945. The third-order valence-corrected chi connectivity index (χ3v) is 6.44. The minimum atomic E-state index is -0.449. The summed E-state index contributed by atoms with van der Waals surface area (Å²) in [6.07, 6.45) is 0. The second-order valence-electron chi connectivity index (χ2n) is 7.11. The van der Waals surface area contributed by atoms with E-state index in [0.29, 0.717) is 27.8 Å². The molecule has 0 aliphatic carbocycles. The van der Waals surface area contributed by atoms with Gasteiger partial charge in [0.05, 0.1) is 16.2 Å². The molecule has 0 spiro atoms. The van der Waals surface area contributed by atoms with Crippen LogP contribution in [-0.4, -0.2) is 36.0 Å². The number of nitro groups is 1. The fourth-order valence-corrected chi connectivity index (χ4v) is 4.43. The molecule has 0 fully saturated rings. The highest BCUT2D eigenvalue weighted by molar-refractivity contribution is 9.10. The Morgan fingerprint density at radius 2 is 1.73 bits per heavy atom. The number of hydrogen-bond acceptors (Lipinski definition) is 7. The van der Waals surface area contributed by atoms with Gasteiger partial charge in [-0.1, -0.05) is 52.0 Å². The van der Waals surface area contributed by atoms with Crippen molar-refractivity contribution >= 4 is 55.7 Å². The molecule has 0 atom stereocenters. The Bertz CT molecular complexity index is 1520. The van der Waals surface area contributed by atoms with Crippen LogP contribution in [-0.2, 0) is 0 Å². The van der Waals surface area contributed by atoms with Gasteiger partial charge in [0, 0.05) is 33.1 Å². The first kappa shape index (κ1) is 21.2. The molecule has 0 N–H and O–H groups in total. The van der Waals surface area contributed by atoms with Gasteiger partial charge in [0.15, 0.2) is 22.4 Å². The number of aromatic nitrogens is 4. The van der Waals surface area contributed by atoms with E-state index in [4.69, 9.17) is 4.98 Å². The molecule has 5 aromatic rings. The molecule has 2 heterocycles. The molecular weight excluding hydrogens is 506 g/mol. The molecule has 0 unspecified atom stereocenters. The summed E-state index contributed by atoms with van der Waals surface area (Å²) in [5.74, 6) is 0.588. The first-order valence-corrected chi connectivity index (χ1v) is 11.6. The lowest BCUT2D eigenvalue weighted by molar-refractivity contribution is -0.384. The van der Waals surface area contributed by atoms with Crippen molar-refractivity contribution in [2.75, 3.05) is 5.75 Å². The van der Waals surface area contributed by atoms with Crippen LogP contribution in [0.3, 0.4) is 0 Å². The van der Waals surface area contributed by atoms with Gasteiger partial charge in [0.1, 0.15) is 0 Å². The zero-order chi connectivity index (χ0) is 22.9. The second-order valence-corrected chi connectivity index (χ2v) is 8.96. The Balaban J connectivity index is 1.54. The van der Waals surface area contributed by atoms with E-state index in [1.165, 1.54) is 23.9 Å². The summed E-state index contributed by atoms with van der Waals surface area (Å²) in [6, 6.07) is 20.9. The Kier molecular flexibility index (Phi) is 5.61. The number of Topliss-reactive ketones (excluding diaryl/α,β-unsaturated/α-hetero) is 1. The van der Waals surface area contributed by atoms with Gasteiger partial charge in [-0.2, -0.15) is 4.52 Å². The molecule has 8 nitrogen and oxygen atoms in total. The van der Waals surface area contributed by atoms with Crippen LogP contribution in [0.2, 0.25) is 0 Å². The summed E-state index contributed by atoms with van der Waals surface area (Å²) in [5, 5.41) is 16.9. The molecule has 162 valence electrons. The third kappa shape index (κ3) is 4.22. The molecule has 33 heavy (non-hydrogen) atoms. The summed E-state index contributed by atoms with van der Waals surface area (Å²) in [6.45, 7) is 0. The van der Waals surface area contributed by atoms with Crippen LogP contribution in [0.5, 0.6) is 0 Å². The molecule has 2 aromatic heterocycles. The van der Waals surface area contributed by atoms with Crippen molar-refractivity contribution in [1.82, 2.24) is 19.6 Å². The molecule has 0 aliphatic rings. The average molecular weight is 520 g/mol. The number of nitrogens with zero attached hydrogens (tertiary/aromatic N) is 5. The lowest BCUT2D eigenvalue weighted by Gasteiger charge is -2.06. The van der Waals surface area contributed by atoms with E-state index in [-0.39, 0.29) is 17.2 Å². The number of carbonyl (C=O) groups is 1. The van der Waals surface area contributed by atoms with Crippen LogP contribution in [0, 0.1) is 10.1 Å². The maximum absolute atomic E-state index is 12.7. The fourth-order valence-electron chi connectivity index (χ4n) is 3.33. The number of para-hydroxylation sites is 1. The highest BCUT2D eigenvalue weighted by atomic mass is 79.9. The normalized spacial score (nSPS) is 11.2. The fraction of sp³-hybridized carbons (Fsp3) is 0.0435. The lowest BCUT2D eigenvalue weighted by Crippen LogP contribution is -2.05. The van der Waals surface area contributed by atoms with Crippen LogP contribution in [0.1, 0.15) is 10.4 Å². The van der Waals surface area contributed by atoms with E-state index in [1.54, 1.807) is 28.8 Å². The Labute approximate surface area is 200 Å². The maximum atomic E-state index is 12.7. The van der Waals surface area contributed by atoms with Crippen molar-refractivity contribution in [1.29, 1.82) is 0 Å². The van der Waals surface area contributed by atoms with Crippen LogP contribution in [0.15, 0.2) is 82.4 Å². The standard InChI is InChI=1S/C23H14BrN5O3S/c24-16-9-5-14(6-10-16)20(30)13-33-23-25-19-4-2-1-3-18(19)22-26-21(27-28(22)23)15-7-11-17(12-8-15)29(31)32/h1-12H,13H2. The smallest absolute Gasteiger partial charge is 0.269 e. The van der Waals surface area contributed by atoms with Gasteiger partial charge >= 0.3 is 0 Å². The third-order valence-electron chi connectivity index (χ3n) is 4.98. The summed E-state index contributed by atoms with van der Waals surface area (Å²) in [4.78, 5) is 32.6.